The molecule has 0 spiro atoms. The lowest BCUT2D eigenvalue weighted by Gasteiger charge is -2.29. The van der Waals surface area contributed by atoms with Crippen molar-refractivity contribution < 1.29 is 34.3 Å². The van der Waals surface area contributed by atoms with Crippen molar-refractivity contribution in [2.45, 2.75) is 84.3 Å². The van der Waals surface area contributed by atoms with Gasteiger partial charge in [0.2, 0.25) is 0 Å². The van der Waals surface area contributed by atoms with E-state index in [0.29, 0.717) is 16.9 Å². The van der Waals surface area contributed by atoms with Crippen LogP contribution in [-0.2, 0) is 4.79 Å². The van der Waals surface area contributed by atoms with Gasteiger partial charge in [0.15, 0.2) is 0 Å². The minimum absolute atomic E-state index is 0.00666. The van der Waals surface area contributed by atoms with Gasteiger partial charge in [-0.2, -0.15) is 0 Å². The molecule has 0 aliphatic carbocycles. The lowest BCUT2D eigenvalue weighted by Crippen LogP contribution is -2.26. The van der Waals surface area contributed by atoms with Crippen LogP contribution in [0.3, 0.4) is 0 Å². The topological polar surface area (TPSA) is 107 Å². The van der Waals surface area contributed by atoms with Gasteiger partial charge >= 0.3 is 5.97 Å². The number of benzene rings is 2. The van der Waals surface area contributed by atoms with E-state index < -0.39 is 24.6 Å². The third-order valence-electron chi connectivity index (χ3n) is 5.78. The number of rotatable bonds is 11. The number of phenolic OH excluding ortho intramolecular Hbond substituents is 1. The first-order valence-corrected chi connectivity index (χ1v) is 11.7. The molecule has 0 amide bonds. The summed E-state index contributed by atoms with van der Waals surface area (Å²) in [5.41, 5.74) is 3.53. The maximum atomic E-state index is 13.6. The van der Waals surface area contributed by atoms with Gasteiger partial charge in [0, 0.05) is 28.7 Å². The molecule has 0 unspecified atom stereocenters. The fourth-order valence-corrected chi connectivity index (χ4v) is 4.39. The van der Waals surface area contributed by atoms with Crippen molar-refractivity contribution in [2.75, 3.05) is 6.61 Å². The van der Waals surface area contributed by atoms with Gasteiger partial charge in [-0.15, -0.1) is 0 Å². The maximum Gasteiger partial charge on any atom is 0.305 e. The molecule has 0 aliphatic rings. The number of phenols is 1. The van der Waals surface area contributed by atoms with Crippen molar-refractivity contribution in [1.82, 2.24) is 0 Å². The summed E-state index contributed by atoms with van der Waals surface area (Å²) in [5.74, 6) is -0.952. The normalized spacial score (nSPS) is 13.5. The molecule has 6 nitrogen and oxygen atoms in total. The Morgan fingerprint density at radius 1 is 0.882 bits per heavy atom. The van der Waals surface area contributed by atoms with E-state index in [1.807, 2.05) is 41.5 Å². The Balaban J connectivity index is 2.66. The highest BCUT2D eigenvalue weighted by Gasteiger charge is 2.30. The molecule has 0 bridgehead atoms. The summed E-state index contributed by atoms with van der Waals surface area (Å²) in [6, 6.07) is 5.93. The molecular formula is C27H37FO6. The molecule has 188 valence electrons. The number of aliphatic carboxylic acids is 1. The number of halogens is 1. The van der Waals surface area contributed by atoms with E-state index in [4.69, 9.17) is 9.84 Å². The molecule has 7 heteroatoms. The number of aromatic hydroxyl groups is 1. The standard InChI is InChI=1S/C27H37FO6/c1-14(2)22-23(15(3)4)27(34-13-20(30)11-19(29)12-21(31)32)24(16(5)6)25(26(22)33)17-7-9-18(28)10-8-17/h7-10,14-16,19-20,29-30,33H,11-13H2,1-6H3,(H,31,32)/t19-,20+/m1/s1. The molecule has 0 saturated carbocycles. The second kappa shape index (κ2) is 11.7. The van der Waals surface area contributed by atoms with Gasteiger partial charge in [-0.1, -0.05) is 53.7 Å². The Labute approximate surface area is 201 Å². The first-order valence-electron chi connectivity index (χ1n) is 11.7. The number of hydrogen-bond acceptors (Lipinski definition) is 5. The Kier molecular flexibility index (Phi) is 9.47. The highest BCUT2D eigenvalue weighted by atomic mass is 19.1. The first kappa shape index (κ1) is 27.6. The third-order valence-corrected chi connectivity index (χ3v) is 5.78. The second-order valence-electron chi connectivity index (χ2n) is 9.72. The Morgan fingerprint density at radius 2 is 1.41 bits per heavy atom. The molecule has 2 aromatic rings. The van der Waals surface area contributed by atoms with Crippen LogP contribution in [0.15, 0.2) is 24.3 Å². The molecule has 2 atom stereocenters. The van der Waals surface area contributed by atoms with Crippen LogP contribution >= 0.6 is 0 Å². The van der Waals surface area contributed by atoms with E-state index in [1.165, 1.54) is 12.1 Å². The Hall–Kier alpha value is -2.64. The molecule has 2 aromatic carbocycles. The zero-order valence-corrected chi connectivity index (χ0v) is 20.8. The molecule has 4 N–H and O–H groups in total. The van der Waals surface area contributed by atoms with Crippen molar-refractivity contribution in [2.24, 2.45) is 0 Å². The lowest BCUT2D eigenvalue weighted by atomic mass is 9.80. The molecule has 0 heterocycles. The maximum absolute atomic E-state index is 13.6. The minimum Gasteiger partial charge on any atom is -0.507 e. The number of aliphatic hydroxyl groups excluding tert-OH is 2. The molecule has 34 heavy (non-hydrogen) atoms. The van der Waals surface area contributed by atoms with Crippen LogP contribution in [0.1, 0.15) is 88.8 Å². The van der Waals surface area contributed by atoms with Crippen LogP contribution in [0, 0.1) is 5.82 Å². The first-order chi connectivity index (χ1) is 15.8. The summed E-state index contributed by atoms with van der Waals surface area (Å²) in [6.07, 6.45) is -2.87. The van der Waals surface area contributed by atoms with E-state index in [9.17, 15) is 24.5 Å². The Morgan fingerprint density at radius 3 is 1.88 bits per heavy atom. The second-order valence-corrected chi connectivity index (χ2v) is 9.72. The highest BCUT2D eigenvalue weighted by molar-refractivity contribution is 5.81. The molecule has 0 radical (unpaired) electrons. The van der Waals surface area contributed by atoms with Crippen molar-refractivity contribution >= 4 is 5.97 Å². The smallest absolute Gasteiger partial charge is 0.305 e. The van der Waals surface area contributed by atoms with Crippen molar-refractivity contribution in [1.29, 1.82) is 0 Å². The average molecular weight is 477 g/mol. The monoisotopic (exact) mass is 476 g/mol. The zero-order chi connectivity index (χ0) is 25.7. The molecule has 0 fully saturated rings. The van der Waals surface area contributed by atoms with Gasteiger partial charge in [0.05, 0.1) is 18.6 Å². The SMILES string of the molecule is CC(C)c1c(OC[C@@H](O)C[C@@H](O)CC(=O)O)c(C(C)C)c(C(C)C)c(O)c1-c1ccc(F)cc1. The average Bonchev–Trinajstić information content (AvgIpc) is 2.71. The van der Waals surface area contributed by atoms with Crippen molar-refractivity contribution in [3.8, 4) is 22.6 Å². The van der Waals surface area contributed by atoms with Gasteiger partial charge in [-0.05, 0) is 35.4 Å². The molecular weight excluding hydrogens is 439 g/mol. The molecule has 0 aliphatic heterocycles. The largest absolute Gasteiger partial charge is 0.507 e. The predicted octanol–water partition coefficient (Wildman–Crippen LogP) is 5.53. The van der Waals surface area contributed by atoms with E-state index in [2.05, 4.69) is 0 Å². The number of carboxylic acids is 1. The van der Waals surface area contributed by atoms with E-state index in [0.717, 1.165) is 16.7 Å². The predicted molar refractivity (Wildman–Crippen MR) is 130 cm³/mol. The lowest BCUT2D eigenvalue weighted by molar-refractivity contribution is -0.139. The third kappa shape index (κ3) is 6.48. The fraction of sp³-hybridized carbons (Fsp3) is 0.519. The van der Waals surface area contributed by atoms with Crippen LogP contribution < -0.4 is 4.74 Å². The summed E-state index contributed by atoms with van der Waals surface area (Å²) < 4.78 is 19.8. The highest BCUT2D eigenvalue weighted by Crippen LogP contribution is 2.51. The van der Waals surface area contributed by atoms with Crippen molar-refractivity contribution in [3.05, 3.63) is 46.8 Å². The molecule has 0 aromatic heterocycles. The fourth-order valence-electron chi connectivity index (χ4n) is 4.39. The van der Waals surface area contributed by atoms with Gasteiger partial charge < -0.3 is 25.2 Å². The summed E-state index contributed by atoms with van der Waals surface area (Å²) in [5, 5.41) is 40.6. The number of carboxylic acid groups (broad SMARTS) is 1. The Bertz CT molecular complexity index is 982. The van der Waals surface area contributed by atoms with Gasteiger partial charge in [-0.25, -0.2) is 4.39 Å². The van der Waals surface area contributed by atoms with Crippen LogP contribution in [0.25, 0.3) is 11.1 Å². The van der Waals surface area contributed by atoms with E-state index >= 15 is 0 Å². The summed E-state index contributed by atoms with van der Waals surface area (Å²) in [7, 11) is 0. The zero-order valence-electron chi connectivity index (χ0n) is 20.8. The number of carbonyl (C=O) groups is 1. The number of hydrogen-bond donors (Lipinski definition) is 4. The summed E-state index contributed by atoms with van der Waals surface area (Å²) >= 11 is 0. The van der Waals surface area contributed by atoms with Crippen LogP contribution in [0.2, 0.25) is 0 Å². The molecule has 0 saturated heterocycles. The van der Waals surface area contributed by atoms with Gasteiger partial charge in [0.1, 0.15) is 23.9 Å². The number of ether oxygens (including phenoxy) is 1. The quantitative estimate of drug-likeness (QED) is 0.340. The van der Waals surface area contributed by atoms with E-state index in [1.54, 1.807) is 12.1 Å². The summed E-state index contributed by atoms with van der Waals surface area (Å²) in [4.78, 5) is 10.8. The van der Waals surface area contributed by atoms with Gasteiger partial charge in [0.25, 0.3) is 0 Å². The number of aliphatic hydroxyl groups is 2. The van der Waals surface area contributed by atoms with Crippen LogP contribution in [0.4, 0.5) is 4.39 Å². The summed E-state index contributed by atoms with van der Waals surface area (Å²) in [6.45, 7) is 11.8. The molecule has 2 rings (SSSR count). The van der Waals surface area contributed by atoms with Crippen LogP contribution in [0.5, 0.6) is 11.5 Å². The minimum atomic E-state index is -1.19. The van der Waals surface area contributed by atoms with Crippen LogP contribution in [-0.4, -0.2) is 45.2 Å². The van der Waals surface area contributed by atoms with Gasteiger partial charge in [-0.3, -0.25) is 4.79 Å². The van der Waals surface area contributed by atoms with Crippen molar-refractivity contribution in [3.63, 3.8) is 0 Å². The van der Waals surface area contributed by atoms with E-state index in [-0.39, 0.29) is 42.3 Å².